The summed E-state index contributed by atoms with van der Waals surface area (Å²) in [5.74, 6) is 0. The van der Waals surface area contributed by atoms with E-state index in [-0.39, 0.29) is 6.67 Å². The Morgan fingerprint density at radius 2 is 1.75 bits per heavy atom. The molecule has 0 radical (unpaired) electrons. The minimum atomic E-state index is -0.395. The van der Waals surface area contributed by atoms with Gasteiger partial charge in [-0.3, -0.25) is 4.39 Å². The summed E-state index contributed by atoms with van der Waals surface area (Å²) in [5, 5.41) is 0. The standard InChI is InChI=1S/C10H14FN/c1-10(2,7-11)8-3-5-9(12)6-4-8/h3-6H,7,12H2,1-2H3. The van der Waals surface area contributed by atoms with E-state index in [1.54, 1.807) is 12.1 Å². The lowest BCUT2D eigenvalue weighted by molar-refractivity contribution is 0.351. The molecule has 12 heavy (non-hydrogen) atoms. The van der Waals surface area contributed by atoms with Crippen molar-refractivity contribution in [1.29, 1.82) is 0 Å². The second kappa shape index (κ2) is 3.13. The molecule has 0 saturated heterocycles. The fourth-order valence-corrected chi connectivity index (χ4v) is 1.01. The van der Waals surface area contributed by atoms with Crippen molar-refractivity contribution in [3.05, 3.63) is 29.8 Å². The van der Waals surface area contributed by atoms with E-state index in [0.29, 0.717) is 5.69 Å². The van der Waals surface area contributed by atoms with Gasteiger partial charge in [0.25, 0.3) is 0 Å². The summed E-state index contributed by atoms with van der Waals surface area (Å²) < 4.78 is 12.5. The Balaban J connectivity index is 2.96. The quantitative estimate of drug-likeness (QED) is 0.673. The molecule has 1 nitrogen and oxygen atoms in total. The largest absolute Gasteiger partial charge is 0.399 e. The number of benzene rings is 1. The highest BCUT2D eigenvalue weighted by Gasteiger charge is 2.19. The van der Waals surface area contributed by atoms with Crippen molar-refractivity contribution in [3.63, 3.8) is 0 Å². The van der Waals surface area contributed by atoms with Crippen molar-refractivity contribution in [2.75, 3.05) is 12.4 Å². The van der Waals surface area contributed by atoms with Crippen LogP contribution in [-0.2, 0) is 5.41 Å². The summed E-state index contributed by atoms with van der Waals surface area (Å²) in [6.45, 7) is 3.40. The summed E-state index contributed by atoms with van der Waals surface area (Å²) in [7, 11) is 0. The maximum Gasteiger partial charge on any atom is 0.0985 e. The van der Waals surface area contributed by atoms with Crippen molar-refractivity contribution in [1.82, 2.24) is 0 Å². The fraction of sp³-hybridized carbons (Fsp3) is 0.400. The van der Waals surface area contributed by atoms with E-state index in [1.807, 2.05) is 26.0 Å². The SMILES string of the molecule is CC(C)(CF)c1ccc(N)cc1. The normalized spacial score (nSPS) is 11.6. The number of anilines is 1. The van der Waals surface area contributed by atoms with E-state index in [1.165, 1.54) is 0 Å². The van der Waals surface area contributed by atoms with Crippen LogP contribution >= 0.6 is 0 Å². The van der Waals surface area contributed by atoms with Crippen LogP contribution in [-0.4, -0.2) is 6.67 Å². The molecule has 0 spiro atoms. The Labute approximate surface area is 72.4 Å². The number of nitrogen functional groups attached to an aromatic ring is 1. The first-order valence-electron chi connectivity index (χ1n) is 3.98. The first-order valence-corrected chi connectivity index (χ1v) is 3.98. The van der Waals surface area contributed by atoms with Crippen LogP contribution < -0.4 is 5.73 Å². The van der Waals surface area contributed by atoms with E-state index in [9.17, 15) is 4.39 Å². The molecule has 0 fully saturated rings. The molecular weight excluding hydrogens is 153 g/mol. The van der Waals surface area contributed by atoms with Crippen LogP contribution in [0.2, 0.25) is 0 Å². The van der Waals surface area contributed by atoms with Gasteiger partial charge in [0.2, 0.25) is 0 Å². The Bertz CT molecular complexity index is 251. The number of alkyl halides is 1. The number of hydrogen-bond donors (Lipinski definition) is 1. The topological polar surface area (TPSA) is 26.0 Å². The van der Waals surface area contributed by atoms with Crippen molar-refractivity contribution in [3.8, 4) is 0 Å². The highest BCUT2D eigenvalue weighted by molar-refractivity contribution is 5.41. The summed E-state index contributed by atoms with van der Waals surface area (Å²) in [4.78, 5) is 0. The number of halogens is 1. The van der Waals surface area contributed by atoms with Gasteiger partial charge in [0.15, 0.2) is 0 Å². The molecule has 0 unspecified atom stereocenters. The molecule has 1 rings (SSSR count). The summed E-state index contributed by atoms with van der Waals surface area (Å²) in [6, 6.07) is 7.34. The molecule has 2 N–H and O–H groups in total. The lowest BCUT2D eigenvalue weighted by Gasteiger charge is -2.20. The monoisotopic (exact) mass is 167 g/mol. The predicted octanol–water partition coefficient (Wildman–Crippen LogP) is 2.52. The summed E-state index contributed by atoms with van der Waals surface area (Å²) in [5.41, 5.74) is 6.82. The highest BCUT2D eigenvalue weighted by atomic mass is 19.1. The summed E-state index contributed by atoms with van der Waals surface area (Å²) >= 11 is 0. The van der Waals surface area contributed by atoms with Crippen LogP contribution in [0.3, 0.4) is 0 Å². The highest BCUT2D eigenvalue weighted by Crippen LogP contribution is 2.23. The fourth-order valence-electron chi connectivity index (χ4n) is 1.01. The number of hydrogen-bond acceptors (Lipinski definition) is 1. The minimum absolute atomic E-state index is 0.350. The molecule has 0 aliphatic carbocycles. The third kappa shape index (κ3) is 1.76. The minimum Gasteiger partial charge on any atom is -0.399 e. The second-order valence-corrected chi connectivity index (χ2v) is 3.64. The Hall–Kier alpha value is -1.05. The van der Waals surface area contributed by atoms with Crippen LogP contribution in [0, 0.1) is 0 Å². The van der Waals surface area contributed by atoms with Gasteiger partial charge in [-0.2, -0.15) is 0 Å². The Kier molecular flexibility index (Phi) is 2.36. The first kappa shape index (κ1) is 9.04. The maximum atomic E-state index is 12.5. The molecule has 0 amide bonds. The first-order chi connectivity index (χ1) is 5.56. The molecule has 2 heteroatoms. The van der Waals surface area contributed by atoms with Gasteiger partial charge in [-0.1, -0.05) is 26.0 Å². The zero-order valence-electron chi connectivity index (χ0n) is 7.47. The van der Waals surface area contributed by atoms with E-state index >= 15 is 0 Å². The molecule has 66 valence electrons. The van der Waals surface area contributed by atoms with Crippen molar-refractivity contribution >= 4 is 5.69 Å². The van der Waals surface area contributed by atoms with Crippen LogP contribution in [0.4, 0.5) is 10.1 Å². The molecule has 0 bridgehead atoms. The molecule has 1 aromatic rings. The predicted molar refractivity (Wildman–Crippen MR) is 49.9 cm³/mol. The van der Waals surface area contributed by atoms with E-state index in [0.717, 1.165) is 5.56 Å². The summed E-state index contributed by atoms with van der Waals surface area (Å²) in [6.07, 6.45) is 0. The Morgan fingerprint density at radius 3 is 2.17 bits per heavy atom. The zero-order chi connectivity index (χ0) is 9.19. The van der Waals surface area contributed by atoms with Crippen molar-refractivity contribution in [2.45, 2.75) is 19.3 Å². The molecule has 0 aliphatic heterocycles. The van der Waals surface area contributed by atoms with E-state index in [2.05, 4.69) is 0 Å². The van der Waals surface area contributed by atoms with Crippen molar-refractivity contribution < 1.29 is 4.39 Å². The van der Waals surface area contributed by atoms with Gasteiger partial charge >= 0.3 is 0 Å². The molecule has 1 aromatic carbocycles. The number of nitrogens with two attached hydrogens (primary N) is 1. The van der Waals surface area contributed by atoms with Gasteiger partial charge in [0.1, 0.15) is 0 Å². The smallest absolute Gasteiger partial charge is 0.0985 e. The molecule has 0 saturated carbocycles. The second-order valence-electron chi connectivity index (χ2n) is 3.64. The molecule has 0 aliphatic rings. The van der Waals surface area contributed by atoms with Gasteiger partial charge in [0, 0.05) is 11.1 Å². The van der Waals surface area contributed by atoms with E-state index in [4.69, 9.17) is 5.73 Å². The number of rotatable bonds is 2. The maximum absolute atomic E-state index is 12.5. The lowest BCUT2D eigenvalue weighted by Crippen LogP contribution is -2.19. The average molecular weight is 167 g/mol. The third-order valence-corrected chi connectivity index (χ3v) is 2.03. The molecule has 0 heterocycles. The van der Waals surface area contributed by atoms with E-state index < -0.39 is 5.41 Å². The van der Waals surface area contributed by atoms with Gasteiger partial charge < -0.3 is 5.73 Å². The molecular formula is C10H14FN. The van der Waals surface area contributed by atoms with Crippen LogP contribution in [0.15, 0.2) is 24.3 Å². The Morgan fingerprint density at radius 1 is 1.25 bits per heavy atom. The van der Waals surface area contributed by atoms with Crippen molar-refractivity contribution in [2.24, 2.45) is 0 Å². The molecule has 0 aromatic heterocycles. The van der Waals surface area contributed by atoms with Crippen LogP contribution in [0.1, 0.15) is 19.4 Å². The average Bonchev–Trinajstić information content (AvgIpc) is 2.05. The van der Waals surface area contributed by atoms with Gasteiger partial charge in [-0.05, 0) is 17.7 Å². The third-order valence-electron chi connectivity index (χ3n) is 2.03. The lowest BCUT2D eigenvalue weighted by atomic mass is 9.86. The van der Waals surface area contributed by atoms with Crippen LogP contribution in [0.25, 0.3) is 0 Å². The van der Waals surface area contributed by atoms with Crippen LogP contribution in [0.5, 0.6) is 0 Å². The van der Waals surface area contributed by atoms with Gasteiger partial charge in [-0.25, -0.2) is 0 Å². The van der Waals surface area contributed by atoms with Gasteiger partial charge in [0.05, 0.1) is 6.67 Å². The zero-order valence-corrected chi connectivity index (χ0v) is 7.47. The molecule has 0 atom stereocenters. The van der Waals surface area contributed by atoms with Gasteiger partial charge in [-0.15, -0.1) is 0 Å².